The molecular weight excluding hydrogens is 378 g/mol. The van der Waals surface area contributed by atoms with Gasteiger partial charge in [0, 0.05) is 31.4 Å². The minimum atomic E-state index is -3.52. The van der Waals surface area contributed by atoms with Crippen molar-refractivity contribution in [2.45, 2.75) is 31.1 Å². The first-order valence-electron chi connectivity index (χ1n) is 9.11. The largest absolute Gasteiger partial charge is 0.326 e. The second-order valence-electron chi connectivity index (χ2n) is 6.74. The lowest BCUT2D eigenvalue weighted by atomic mass is 10.1. The van der Waals surface area contributed by atoms with Crippen LogP contribution in [0.3, 0.4) is 0 Å². The zero-order valence-electron chi connectivity index (χ0n) is 15.6. The molecule has 8 heteroatoms. The number of nitrogens with one attached hydrogen (secondary N) is 2. The van der Waals surface area contributed by atoms with Gasteiger partial charge in [-0.05, 0) is 48.7 Å². The highest BCUT2D eigenvalue weighted by Gasteiger charge is 2.27. The van der Waals surface area contributed by atoms with Gasteiger partial charge in [0.05, 0.1) is 11.3 Å². The third-order valence-corrected chi connectivity index (χ3v) is 6.35. The number of carbonyl (C=O) groups excluding carboxylic acids is 2. The Morgan fingerprint density at radius 2 is 1.64 bits per heavy atom. The van der Waals surface area contributed by atoms with E-state index < -0.39 is 10.0 Å². The summed E-state index contributed by atoms with van der Waals surface area (Å²) >= 11 is 0. The van der Waals surface area contributed by atoms with Crippen LogP contribution in [0.15, 0.2) is 53.4 Å². The minimum Gasteiger partial charge on any atom is -0.326 e. The predicted octanol–water partition coefficient (Wildman–Crippen LogP) is 2.61. The molecule has 2 N–H and O–H groups in total. The van der Waals surface area contributed by atoms with Gasteiger partial charge in [-0.2, -0.15) is 4.31 Å². The van der Waals surface area contributed by atoms with E-state index in [9.17, 15) is 18.0 Å². The number of anilines is 2. The molecule has 148 valence electrons. The van der Waals surface area contributed by atoms with Crippen molar-refractivity contribution < 1.29 is 18.0 Å². The van der Waals surface area contributed by atoms with E-state index >= 15 is 0 Å². The molecule has 2 aromatic rings. The van der Waals surface area contributed by atoms with Crippen LogP contribution in [0.1, 0.15) is 25.3 Å². The second-order valence-corrected chi connectivity index (χ2v) is 8.68. The number of nitrogens with zero attached hydrogens (tertiary/aromatic N) is 1. The first-order chi connectivity index (χ1) is 13.3. The zero-order valence-corrected chi connectivity index (χ0v) is 16.5. The lowest BCUT2D eigenvalue weighted by Crippen LogP contribution is -2.28. The van der Waals surface area contributed by atoms with Gasteiger partial charge in [0.1, 0.15) is 0 Å². The van der Waals surface area contributed by atoms with Gasteiger partial charge in [0.15, 0.2) is 0 Å². The van der Waals surface area contributed by atoms with Crippen LogP contribution >= 0.6 is 0 Å². The molecule has 1 saturated heterocycles. The van der Waals surface area contributed by atoms with E-state index in [2.05, 4.69) is 10.6 Å². The monoisotopic (exact) mass is 401 g/mol. The fraction of sp³-hybridized carbons (Fsp3) is 0.300. The molecule has 0 bridgehead atoms. The van der Waals surface area contributed by atoms with Gasteiger partial charge < -0.3 is 10.6 Å². The third kappa shape index (κ3) is 4.96. The highest BCUT2D eigenvalue weighted by atomic mass is 32.2. The second kappa shape index (κ2) is 8.53. The molecule has 0 spiro atoms. The molecule has 2 aromatic carbocycles. The minimum absolute atomic E-state index is 0.142. The summed E-state index contributed by atoms with van der Waals surface area (Å²) < 4.78 is 26.8. The van der Waals surface area contributed by atoms with Crippen molar-refractivity contribution in [2.75, 3.05) is 23.7 Å². The summed E-state index contributed by atoms with van der Waals surface area (Å²) in [6, 6.07) is 13.3. The van der Waals surface area contributed by atoms with E-state index in [-0.39, 0.29) is 23.1 Å². The molecule has 0 radical (unpaired) electrons. The molecular formula is C20H23N3O4S. The SMILES string of the molecule is CC(=O)Nc1ccc(CC(=O)Nc2cccc(S(=O)(=O)N3CCCC3)c2)cc1. The van der Waals surface area contributed by atoms with Gasteiger partial charge in [0.2, 0.25) is 21.8 Å². The molecule has 0 saturated carbocycles. The molecule has 1 aliphatic heterocycles. The van der Waals surface area contributed by atoms with Crippen molar-refractivity contribution in [2.24, 2.45) is 0 Å². The summed E-state index contributed by atoms with van der Waals surface area (Å²) in [5, 5.41) is 5.42. The Bertz CT molecular complexity index is 965. The van der Waals surface area contributed by atoms with Crippen molar-refractivity contribution in [1.82, 2.24) is 4.31 Å². The van der Waals surface area contributed by atoms with Crippen LogP contribution < -0.4 is 10.6 Å². The molecule has 1 heterocycles. The molecule has 7 nitrogen and oxygen atoms in total. The summed E-state index contributed by atoms with van der Waals surface area (Å²) in [6.07, 6.45) is 1.89. The van der Waals surface area contributed by atoms with Gasteiger partial charge in [0.25, 0.3) is 0 Å². The lowest BCUT2D eigenvalue weighted by molar-refractivity contribution is -0.116. The summed E-state index contributed by atoms with van der Waals surface area (Å²) in [5.74, 6) is -0.405. The standard InChI is InChI=1S/C20H23N3O4S/c1-15(24)21-17-9-7-16(8-10-17)13-20(25)22-18-5-4-6-19(14-18)28(26,27)23-11-2-3-12-23/h4-10,14H,2-3,11-13H2,1H3,(H,21,24)(H,22,25). The van der Waals surface area contributed by atoms with Crippen LogP contribution in [-0.4, -0.2) is 37.6 Å². The first kappa shape index (κ1) is 20.0. The molecule has 1 fully saturated rings. The molecule has 0 unspecified atom stereocenters. The quantitative estimate of drug-likeness (QED) is 0.778. The van der Waals surface area contributed by atoms with E-state index in [1.807, 2.05) is 0 Å². The number of hydrogen-bond acceptors (Lipinski definition) is 4. The Kier molecular flexibility index (Phi) is 6.11. The molecule has 3 rings (SSSR count). The van der Waals surface area contributed by atoms with Crippen molar-refractivity contribution in [3.05, 3.63) is 54.1 Å². The summed E-state index contributed by atoms with van der Waals surface area (Å²) in [5.41, 5.74) is 1.89. The van der Waals surface area contributed by atoms with Crippen molar-refractivity contribution in [3.8, 4) is 0 Å². The van der Waals surface area contributed by atoms with Gasteiger partial charge in [-0.15, -0.1) is 0 Å². The summed E-state index contributed by atoms with van der Waals surface area (Å²) in [6.45, 7) is 2.50. The summed E-state index contributed by atoms with van der Waals surface area (Å²) in [7, 11) is -3.52. The average Bonchev–Trinajstić information content (AvgIpc) is 3.19. The van der Waals surface area contributed by atoms with E-state index in [1.165, 1.54) is 17.3 Å². The topological polar surface area (TPSA) is 95.6 Å². The fourth-order valence-electron chi connectivity index (χ4n) is 3.11. The highest BCUT2D eigenvalue weighted by Crippen LogP contribution is 2.23. The van der Waals surface area contributed by atoms with Crippen LogP contribution in [0.4, 0.5) is 11.4 Å². The maximum Gasteiger partial charge on any atom is 0.243 e. The first-order valence-corrected chi connectivity index (χ1v) is 10.6. The van der Waals surface area contributed by atoms with Crippen LogP contribution in [0.25, 0.3) is 0 Å². The van der Waals surface area contributed by atoms with Crippen LogP contribution in [0, 0.1) is 0 Å². The average molecular weight is 401 g/mol. The van der Waals surface area contributed by atoms with E-state index in [4.69, 9.17) is 0 Å². The van der Waals surface area contributed by atoms with Gasteiger partial charge in [-0.1, -0.05) is 18.2 Å². The Morgan fingerprint density at radius 1 is 0.964 bits per heavy atom. The Labute approximate surface area is 164 Å². The Hall–Kier alpha value is -2.71. The molecule has 2 amide bonds. The lowest BCUT2D eigenvalue weighted by Gasteiger charge is -2.16. The normalized spacial score (nSPS) is 14.6. The van der Waals surface area contributed by atoms with E-state index in [0.717, 1.165) is 18.4 Å². The van der Waals surface area contributed by atoms with Crippen molar-refractivity contribution in [3.63, 3.8) is 0 Å². The van der Waals surface area contributed by atoms with Gasteiger partial charge >= 0.3 is 0 Å². The number of carbonyl (C=O) groups is 2. The molecule has 28 heavy (non-hydrogen) atoms. The van der Waals surface area contributed by atoms with Crippen molar-refractivity contribution >= 4 is 33.2 Å². The highest BCUT2D eigenvalue weighted by molar-refractivity contribution is 7.89. The number of benzene rings is 2. The predicted molar refractivity (Wildman–Crippen MR) is 108 cm³/mol. The number of rotatable bonds is 6. The van der Waals surface area contributed by atoms with E-state index in [1.54, 1.807) is 42.5 Å². The zero-order chi connectivity index (χ0) is 20.1. The fourth-order valence-corrected chi connectivity index (χ4v) is 4.68. The Balaban J connectivity index is 1.65. The smallest absolute Gasteiger partial charge is 0.243 e. The van der Waals surface area contributed by atoms with Crippen LogP contribution in [-0.2, 0) is 26.0 Å². The van der Waals surface area contributed by atoms with Crippen LogP contribution in [0.2, 0.25) is 0 Å². The van der Waals surface area contributed by atoms with Crippen molar-refractivity contribution in [1.29, 1.82) is 0 Å². The molecule has 0 aliphatic carbocycles. The van der Waals surface area contributed by atoms with Gasteiger partial charge in [-0.25, -0.2) is 8.42 Å². The molecule has 0 atom stereocenters. The maximum absolute atomic E-state index is 12.7. The number of hydrogen-bond donors (Lipinski definition) is 2. The van der Waals surface area contributed by atoms with Crippen LogP contribution in [0.5, 0.6) is 0 Å². The van der Waals surface area contributed by atoms with Gasteiger partial charge in [-0.3, -0.25) is 9.59 Å². The molecule has 0 aromatic heterocycles. The Morgan fingerprint density at radius 3 is 2.29 bits per heavy atom. The van der Waals surface area contributed by atoms with E-state index in [0.29, 0.717) is 24.5 Å². The molecule has 1 aliphatic rings. The maximum atomic E-state index is 12.7. The number of sulfonamides is 1. The number of amides is 2. The third-order valence-electron chi connectivity index (χ3n) is 4.46. The summed E-state index contributed by atoms with van der Waals surface area (Å²) in [4.78, 5) is 23.5.